The van der Waals surface area contributed by atoms with Crippen molar-refractivity contribution in [2.75, 3.05) is 0 Å². The minimum absolute atomic E-state index is 0.103. The van der Waals surface area contributed by atoms with Gasteiger partial charge >= 0.3 is 0 Å². The van der Waals surface area contributed by atoms with Crippen LogP contribution in [0.1, 0.15) is 11.3 Å². The predicted octanol–water partition coefficient (Wildman–Crippen LogP) is 2.51. The van der Waals surface area contributed by atoms with Crippen LogP contribution in [0.4, 0.5) is 5.69 Å². The fraction of sp³-hybridized carbons (Fsp3) is 0.0769. The van der Waals surface area contributed by atoms with Crippen LogP contribution in [0.3, 0.4) is 0 Å². The summed E-state index contributed by atoms with van der Waals surface area (Å²) in [5.74, 6) is 0.0669. The molecule has 0 aliphatic carbocycles. The van der Waals surface area contributed by atoms with Gasteiger partial charge in [0.2, 0.25) is 0 Å². The monoisotopic (exact) mass is 306 g/mol. The Kier molecular flexibility index (Phi) is 4.34. The number of nitrogen functional groups attached to an aromatic ring is 1. The number of hydrogen-bond acceptors (Lipinski definition) is 5. The van der Waals surface area contributed by atoms with Gasteiger partial charge in [-0.05, 0) is 23.8 Å². The second kappa shape index (κ2) is 6.19. The molecule has 7 nitrogen and oxygen atoms in total. The molecule has 8 heteroatoms. The number of amidine groups is 1. The molecule has 0 amide bonds. The molecule has 1 heterocycles. The topological polar surface area (TPSA) is 115 Å². The number of nitro groups is 1. The highest BCUT2D eigenvalue weighted by atomic mass is 35.5. The summed E-state index contributed by atoms with van der Waals surface area (Å²) in [7, 11) is 0. The highest BCUT2D eigenvalue weighted by molar-refractivity contribution is 6.32. The second-order valence-electron chi connectivity index (χ2n) is 4.12. The Morgan fingerprint density at radius 2 is 2.19 bits per heavy atom. The van der Waals surface area contributed by atoms with Gasteiger partial charge in [0, 0.05) is 12.3 Å². The molecule has 2 aromatic rings. The van der Waals surface area contributed by atoms with E-state index in [2.05, 4.69) is 4.98 Å². The molecule has 1 aromatic carbocycles. The summed E-state index contributed by atoms with van der Waals surface area (Å²) in [5.41, 5.74) is 6.30. The maximum absolute atomic E-state index is 10.7. The molecule has 0 bridgehead atoms. The van der Waals surface area contributed by atoms with Crippen LogP contribution in [0.5, 0.6) is 5.75 Å². The predicted molar refractivity (Wildman–Crippen MR) is 77.7 cm³/mol. The zero-order chi connectivity index (χ0) is 15.4. The molecule has 0 saturated carbocycles. The first-order chi connectivity index (χ1) is 9.97. The van der Waals surface area contributed by atoms with Crippen LogP contribution in [-0.4, -0.2) is 15.7 Å². The highest BCUT2D eigenvalue weighted by Gasteiger charge is 2.11. The van der Waals surface area contributed by atoms with Crippen molar-refractivity contribution in [2.45, 2.75) is 6.61 Å². The Morgan fingerprint density at radius 1 is 1.43 bits per heavy atom. The molecule has 0 atom stereocenters. The molecule has 0 spiro atoms. The molecule has 1 aromatic heterocycles. The zero-order valence-corrected chi connectivity index (χ0v) is 11.5. The number of hydrogen-bond donors (Lipinski definition) is 2. The van der Waals surface area contributed by atoms with Crippen molar-refractivity contribution >= 4 is 23.1 Å². The summed E-state index contributed by atoms with van der Waals surface area (Å²) in [6.45, 7) is 0.129. The molecule has 21 heavy (non-hydrogen) atoms. The van der Waals surface area contributed by atoms with Crippen LogP contribution >= 0.6 is 11.6 Å². The standard InChI is InChI=1S/C13H11ClN4O3/c14-10-2-1-9(18(19)20)6-12(10)21-7-8-3-4-17-11(5-8)13(15)16/h1-6H,7H2,(H3,15,16). The highest BCUT2D eigenvalue weighted by Crippen LogP contribution is 2.29. The van der Waals surface area contributed by atoms with Crippen LogP contribution in [0.25, 0.3) is 0 Å². The number of non-ortho nitro benzene ring substituents is 1. The average molecular weight is 307 g/mol. The maximum atomic E-state index is 10.7. The third-order valence-electron chi connectivity index (χ3n) is 2.62. The number of benzene rings is 1. The molecule has 2 rings (SSSR count). The number of ether oxygens (including phenoxy) is 1. The van der Waals surface area contributed by atoms with Crippen LogP contribution in [0, 0.1) is 15.5 Å². The Labute approximate surface area is 125 Å². The molecule has 0 radical (unpaired) electrons. The van der Waals surface area contributed by atoms with Gasteiger partial charge in [0.1, 0.15) is 23.9 Å². The van der Waals surface area contributed by atoms with Gasteiger partial charge in [-0.1, -0.05) is 11.6 Å². The van der Waals surface area contributed by atoms with Gasteiger partial charge in [0.05, 0.1) is 16.0 Å². The van der Waals surface area contributed by atoms with Gasteiger partial charge in [-0.25, -0.2) is 0 Å². The Morgan fingerprint density at radius 3 is 2.86 bits per heavy atom. The fourth-order valence-electron chi connectivity index (χ4n) is 1.59. The molecule has 0 aliphatic heterocycles. The van der Waals surface area contributed by atoms with Crippen molar-refractivity contribution in [1.82, 2.24) is 4.98 Å². The van der Waals surface area contributed by atoms with Crippen molar-refractivity contribution in [3.63, 3.8) is 0 Å². The molecule has 108 valence electrons. The molecule has 0 saturated heterocycles. The van der Waals surface area contributed by atoms with E-state index in [1.165, 1.54) is 24.4 Å². The summed E-state index contributed by atoms with van der Waals surface area (Å²) in [6, 6.07) is 7.26. The lowest BCUT2D eigenvalue weighted by Gasteiger charge is -2.08. The van der Waals surface area contributed by atoms with E-state index in [4.69, 9.17) is 27.5 Å². The van der Waals surface area contributed by atoms with Crippen LogP contribution in [0.2, 0.25) is 5.02 Å². The largest absolute Gasteiger partial charge is 0.487 e. The van der Waals surface area contributed by atoms with E-state index in [-0.39, 0.29) is 28.9 Å². The number of nitro benzene ring substituents is 1. The maximum Gasteiger partial charge on any atom is 0.273 e. The van der Waals surface area contributed by atoms with Gasteiger partial charge in [-0.2, -0.15) is 0 Å². The second-order valence-corrected chi connectivity index (χ2v) is 4.53. The van der Waals surface area contributed by atoms with Crippen molar-refractivity contribution in [1.29, 1.82) is 5.41 Å². The van der Waals surface area contributed by atoms with Gasteiger partial charge in [-0.15, -0.1) is 0 Å². The molecule has 0 fully saturated rings. The van der Waals surface area contributed by atoms with Gasteiger partial charge in [0.15, 0.2) is 0 Å². The van der Waals surface area contributed by atoms with E-state index in [0.29, 0.717) is 5.69 Å². The molecule has 0 unspecified atom stereocenters. The number of nitrogens with one attached hydrogen (secondary N) is 1. The number of pyridine rings is 1. The summed E-state index contributed by atoms with van der Waals surface area (Å²) < 4.78 is 5.47. The van der Waals surface area contributed by atoms with Crippen molar-refractivity contribution < 1.29 is 9.66 Å². The van der Waals surface area contributed by atoms with Gasteiger partial charge in [0.25, 0.3) is 5.69 Å². The lowest BCUT2D eigenvalue weighted by atomic mass is 10.2. The van der Waals surface area contributed by atoms with Crippen molar-refractivity contribution in [2.24, 2.45) is 5.73 Å². The van der Waals surface area contributed by atoms with Crippen molar-refractivity contribution in [3.8, 4) is 5.75 Å². The van der Waals surface area contributed by atoms with Crippen LogP contribution < -0.4 is 10.5 Å². The first kappa shape index (κ1) is 14.7. The molecule has 0 aliphatic rings. The van der Waals surface area contributed by atoms with E-state index < -0.39 is 4.92 Å². The van der Waals surface area contributed by atoms with Crippen molar-refractivity contribution in [3.05, 3.63) is 62.9 Å². The summed E-state index contributed by atoms with van der Waals surface area (Å²) in [5, 5.41) is 18.3. The lowest BCUT2D eigenvalue weighted by Crippen LogP contribution is -2.13. The van der Waals surface area contributed by atoms with E-state index in [1.807, 2.05) is 0 Å². The van der Waals surface area contributed by atoms with E-state index >= 15 is 0 Å². The normalized spacial score (nSPS) is 10.1. The zero-order valence-electron chi connectivity index (χ0n) is 10.7. The summed E-state index contributed by atoms with van der Waals surface area (Å²) in [6.07, 6.45) is 1.50. The Bertz CT molecular complexity index is 706. The Balaban J connectivity index is 2.16. The molecular weight excluding hydrogens is 296 g/mol. The lowest BCUT2D eigenvalue weighted by molar-refractivity contribution is -0.384. The number of nitrogens with zero attached hydrogens (tertiary/aromatic N) is 2. The third-order valence-corrected chi connectivity index (χ3v) is 2.93. The number of aromatic nitrogens is 1. The summed E-state index contributed by atoms with van der Waals surface area (Å²) >= 11 is 5.93. The number of nitrogens with two attached hydrogens (primary N) is 1. The third kappa shape index (κ3) is 3.67. The summed E-state index contributed by atoms with van der Waals surface area (Å²) in [4.78, 5) is 14.1. The van der Waals surface area contributed by atoms with E-state index in [9.17, 15) is 10.1 Å². The van der Waals surface area contributed by atoms with Gasteiger partial charge < -0.3 is 10.5 Å². The number of rotatable bonds is 5. The minimum atomic E-state index is -0.524. The van der Waals surface area contributed by atoms with E-state index in [0.717, 1.165) is 5.56 Å². The van der Waals surface area contributed by atoms with E-state index in [1.54, 1.807) is 12.1 Å². The first-order valence-corrected chi connectivity index (χ1v) is 6.21. The van der Waals surface area contributed by atoms with Crippen LogP contribution in [0.15, 0.2) is 36.5 Å². The quantitative estimate of drug-likeness (QED) is 0.381. The van der Waals surface area contributed by atoms with Gasteiger partial charge in [-0.3, -0.25) is 20.5 Å². The smallest absolute Gasteiger partial charge is 0.273 e. The number of halogens is 1. The van der Waals surface area contributed by atoms with Crippen LogP contribution in [-0.2, 0) is 6.61 Å². The molecule has 3 N–H and O–H groups in total. The Hall–Kier alpha value is -2.67. The SMILES string of the molecule is N=C(N)c1cc(COc2cc([N+](=O)[O-])ccc2Cl)ccn1. The minimum Gasteiger partial charge on any atom is -0.487 e. The average Bonchev–Trinajstić information content (AvgIpc) is 2.46. The fourth-order valence-corrected chi connectivity index (χ4v) is 1.76. The molecular formula is C13H11ClN4O3. The first-order valence-electron chi connectivity index (χ1n) is 5.83.